The number of rotatable bonds is 26. The largest absolute Gasteiger partial charge is 0.474 e. The molecule has 2 bridgehead atoms. The first-order valence-electron chi connectivity index (χ1n) is 32.3. The van der Waals surface area contributed by atoms with Gasteiger partial charge in [-0.1, -0.05) is 56.4 Å². The number of aliphatic hydroxyl groups is 1. The minimum absolute atomic E-state index is 0.0246. The Morgan fingerprint density at radius 2 is 1.64 bits per heavy atom. The highest BCUT2D eigenvalue weighted by atomic mass is 32.7. The predicted molar refractivity (Wildman–Crippen MR) is 360 cm³/mol. The highest BCUT2D eigenvalue weighted by Gasteiger charge is 2.52. The van der Waals surface area contributed by atoms with E-state index in [4.69, 9.17) is 58.3 Å². The van der Waals surface area contributed by atoms with E-state index in [0.717, 1.165) is 32.0 Å². The topological polar surface area (TPSA) is 405 Å². The molecule has 5 heterocycles. The Kier molecular flexibility index (Phi) is 25.7. The van der Waals surface area contributed by atoms with Gasteiger partial charge in [0.1, 0.15) is 49.4 Å². The third-order valence-corrected chi connectivity index (χ3v) is 20.4. The molecule has 2 saturated heterocycles. The molecule has 8 N–H and O–H groups in total. The minimum Gasteiger partial charge on any atom is -0.474 e. The zero-order valence-corrected chi connectivity index (χ0v) is 58.1. The van der Waals surface area contributed by atoms with Crippen molar-refractivity contribution >= 4 is 96.2 Å². The molecule has 534 valence electrons. The number of thiol groups is 1. The molecule has 3 aliphatic carbocycles. The summed E-state index contributed by atoms with van der Waals surface area (Å²) < 4.78 is 72.8. The molecular weight excluding hydrogens is 1370 g/mol. The standard InChI is InChI=1S/C63H80N12O20P2S2/c1-36(2)51(70-49(76)20-23-86-25-26-87-24-22-65-62(82)88-32-46-44-13-7-5-6-8-14-45(44)46)58(80)68-37(3)56(78)69-41-17-15-38(16-18-41)30-89-63(83)74(4)29-39-11-9-10-12-43(39)57(79)72-61-71-55-52(59(81)73-61)67-35-75(55)60-54-53(77)48(93-60)33-91-96(84,98)94-47-28-42(92-50-19-21-64-34-66-50)27-40(47)31-90-97(85,99)95-54/h9-12,15-19,21,34-37,40,42,44-48,51,53-54,60,77H,7-8,13-14,20,22-33H2,1-4H3,(H,65,82)(H,68,80)(H,69,78)(H,70,76)(H,84,98)(H,85,99)(H2,71,72,73,79,81)/t37-,40+,42+,44-,45+,46?,47-,48+,51-,53+,54+,60+,96?,97?/m0/s1. The van der Waals surface area contributed by atoms with Crippen molar-refractivity contribution in [3.8, 4) is 17.7 Å². The molecule has 3 aromatic heterocycles. The quantitative estimate of drug-likeness (QED) is 0.0147. The molecule has 2 aromatic carbocycles. The number of aromatic amines is 1. The molecule has 4 fully saturated rings. The number of hydrogen-bond donors (Lipinski definition) is 9. The minimum atomic E-state index is -4.37. The summed E-state index contributed by atoms with van der Waals surface area (Å²) in [5.41, 5.74) is 0.228. The summed E-state index contributed by atoms with van der Waals surface area (Å²) in [6.07, 6.45) is -0.0370. The van der Waals surface area contributed by atoms with Gasteiger partial charge in [-0.3, -0.25) is 43.4 Å². The third-order valence-electron chi connectivity index (χ3n) is 17.2. The summed E-state index contributed by atoms with van der Waals surface area (Å²) in [6, 6.07) is 12.4. The van der Waals surface area contributed by atoms with Crippen molar-refractivity contribution in [3.05, 3.63) is 100 Å². The van der Waals surface area contributed by atoms with Gasteiger partial charge in [-0.2, -0.15) is 4.98 Å². The molecule has 32 nitrogen and oxygen atoms in total. The summed E-state index contributed by atoms with van der Waals surface area (Å²) in [6.45, 7) is -3.03. The second-order valence-electron chi connectivity index (χ2n) is 24.7. The molecule has 0 radical (unpaired) electrons. The lowest BCUT2D eigenvalue weighted by Gasteiger charge is -2.27. The molecule has 5 aromatic rings. The van der Waals surface area contributed by atoms with E-state index in [1.807, 2.05) is 0 Å². The summed E-state index contributed by atoms with van der Waals surface area (Å²) in [5, 5.41) is 25.0. The molecule has 2 saturated carbocycles. The van der Waals surface area contributed by atoms with Crippen molar-refractivity contribution in [3.63, 3.8) is 0 Å². The fraction of sp³-hybridized carbons (Fsp3) is 0.540. The number of alkyl carbamates (subject to hydrolysis) is 1. The Bertz CT molecular complexity index is 3890. The first-order chi connectivity index (χ1) is 47.5. The Hall–Kier alpha value is -7.48. The van der Waals surface area contributed by atoms with Gasteiger partial charge < -0.3 is 78.2 Å². The van der Waals surface area contributed by atoms with Crippen LogP contribution in [0.4, 0.5) is 21.2 Å². The predicted octanol–water partition coefficient (Wildman–Crippen LogP) is 5.29. The molecule has 36 heteroatoms. The van der Waals surface area contributed by atoms with Crippen LogP contribution in [-0.4, -0.2) is 183 Å². The Morgan fingerprint density at radius 3 is 2.37 bits per heavy atom. The molecular formula is C63H80N12O20P2S2. The molecule has 14 atom stereocenters. The first-order valence-corrected chi connectivity index (χ1v) is 37.6. The van der Waals surface area contributed by atoms with Gasteiger partial charge in [-0.25, -0.2) is 29.1 Å². The Balaban J connectivity index is 0.648. The van der Waals surface area contributed by atoms with Crippen LogP contribution in [0.2, 0.25) is 0 Å². The summed E-state index contributed by atoms with van der Waals surface area (Å²) in [7, 11) is 1.47. The van der Waals surface area contributed by atoms with Crippen molar-refractivity contribution in [2.45, 2.75) is 128 Å². The van der Waals surface area contributed by atoms with Crippen LogP contribution in [0.5, 0.6) is 5.88 Å². The molecule has 99 heavy (non-hydrogen) atoms. The van der Waals surface area contributed by atoms with E-state index in [-0.39, 0.29) is 94.2 Å². The van der Waals surface area contributed by atoms with Gasteiger partial charge in [0, 0.05) is 75.3 Å². The SMILES string of the molecule is CC(C)[C@H](NC(=O)CCOCCOCCNC(=O)OCC1[C@H]2CCC#CCC[C@@H]12)C(=O)N[C@@H](C)C(=O)Nc1ccc(COC(=O)N(C)Cc2ccccc2C(=O)Nc2nc3c(ncn3[C@@H]3O[C@@H]4COP(O)(=S)O[C@H]5C[C@H](Oc6ccncn6)C[C@@H]5COP(=O)(S)O[C@@H]3[C@@H]4O)c(=O)[nH]2)cc1. The van der Waals surface area contributed by atoms with E-state index in [1.165, 1.54) is 42.0 Å². The highest BCUT2D eigenvalue weighted by Crippen LogP contribution is 2.59. The van der Waals surface area contributed by atoms with E-state index >= 15 is 0 Å². The van der Waals surface area contributed by atoms with Crippen molar-refractivity contribution in [2.24, 2.45) is 29.6 Å². The average molecular weight is 1450 g/mol. The lowest BCUT2D eigenvalue weighted by molar-refractivity contribution is -0.132. The van der Waals surface area contributed by atoms with Gasteiger partial charge in [0.05, 0.1) is 58.7 Å². The maximum absolute atomic E-state index is 14.0. The van der Waals surface area contributed by atoms with Gasteiger partial charge in [-0.05, 0) is 91.0 Å². The number of aliphatic hydroxyl groups excluding tert-OH is 1. The zero-order valence-electron chi connectivity index (χ0n) is 54.6. The second kappa shape index (κ2) is 34.3. The molecule has 10 rings (SSSR count). The van der Waals surface area contributed by atoms with E-state index in [1.54, 1.807) is 62.4 Å². The molecule has 3 unspecified atom stereocenters. The number of anilines is 2. The van der Waals surface area contributed by atoms with Crippen LogP contribution in [0.15, 0.2) is 78.2 Å². The fourth-order valence-corrected chi connectivity index (χ4v) is 15.0. The van der Waals surface area contributed by atoms with Crippen molar-refractivity contribution in [1.82, 2.24) is 50.3 Å². The third kappa shape index (κ3) is 20.6. The number of carbonyl (C=O) groups excluding carboxylic acids is 6. The summed E-state index contributed by atoms with van der Waals surface area (Å²) >= 11 is 9.62. The molecule has 6 amide bonds. The maximum Gasteiger partial charge on any atom is 0.410 e. The first kappa shape index (κ1) is 74.2. The van der Waals surface area contributed by atoms with Crippen molar-refractivity contribution in [2.75, 3.05) is 70.5 Å². The average Bonchev–Trinajstić information content (AvgIpc) is 1.54. The number of hydrogen-bond acceptors (Lipinski definition) is 24. The summed E-state index contributed by atoms with van der Waals surface area (Å²) in [4.78, 5) is 124. The number of H-pyrrole nitrogens is 1. The van der Waals surface area contributed by atoms with Crippen molar-refractivity contribution < 1.29 is 89.8 Å². The van der Waals surface area contributed by atoms with Gasteiger partial charge in [-0.15, -0.1) is 11.8 Å². The number of fused-ring (bicyclic) bond motifs is 5. The van der Waals surface area contributed by atoms with E-state index < -0.39 is 116 Å². The monoisotopic (exact) mass is 1450 g/mol. The van der Waals surface area contributed by atoms with Crippen LogP contribution in [0.3, 0.4) is 0 Å². The number of amides is 6. The fourth-order valence-electron chi connectivity index (χ4n) is 12.0. The van der Waals surface area contributed by atoms with Gasteiger partial charge in [0.15, 0.2) is 17.4 Å². The van der Waals surface area contributed by atoms with Crippen LogP contribution < -0.4 is 36.9 Å². The highest BCUT2D eigenvalue weighted by molar-refractivity contribution is 8.44. The van der Waals surface area contributed by atoms with Gasteiger partial charge >= 0.3 is 25.7 Å². The van der Waals surface area contributed by atoms with Crippen LogP contribution in [0.1, 0.15) is 93.4 Å². The van der Waals surface area contributed by atoms with Crippen molar-refractivity contribution in [1.29, 1.82) is 0 Å². The van der Waals surface area contributed by atoms with E-state index in [9.17, 15) is 48.1 Å². The number of carbonyl (C=O) groups is 6. The van der Waals surface area contributed by atoms with Crippen LogP contribution >= 0.6 is 25.8 Å². The number of nitrogens with one attached hydrogen (secondary N) is 6. The smallest absolute Gasteiger partial charge is 0.410 e. The second-order valence-corrected chi connectivity index (χ2v) is 30.4. The maximum atomic E-state index is 14.0. The van der Waals surface area contributed by atoms with Crippen LogP contribution in [-0.2, 0) is 85.7 Å². The lowest BCUT2D eigenvalue weighted by Crippen LogP contribution is -2.53. The molecule has 0 spiro atoms. The molecule has 5 aliphatic rings. The van der Waals surface area contributed by atoms with Crippen LogP contribution in [0, 0.1) is 41.4 Å². The number of imidazole rings is 1. The summed E-state index contributed by atoms with van der Waals surface area (Å²) in [5.74, 6) is 4.78. The number of benzene rings is 2. The number of ether oxygens (including phenoxy) is 6. The van der Waals surface area contributed by atoms with Gasteiger partial charge in [0.25, 0.3) is 11.5 Å². The zero-order chi connectivity index (χ0) is 70.4. The van der Waals surface area contributed by atoms with Gasteiger partial charge in [0.2, 0.25) is 29.5 Å². The molecule has 2 aliphatic heterocycles. The van der Waals surface area contributed by atoms with E-state index in [2.05, 4.69) is 75.6 Å². The van der Waals surface area contributed by atoms with E-state index in [0.29, 0.717) is 53.5 Å². The Labute approximate surface area is 579 Å². The Morgan fingerprint density at radius 1 is 0.889 bits per heavy atom. The number of aromatic nitrogens is 6. The normalized spacial score (nSPS) is 26.3. The number of nitrogens with zero attached hydrogens (tertiary/aromatic N) is 6. The lowest BCUT2D eigenvalue weighted by atomic mass is 10.0. The van der Waals surface area contributed by atoms with Crippen LogP contribution in [0.25, 0.3) is 11.2 Å².